The summed E-state index contributed by atoms with van der Waals surface area (Å²) in [7, 11) is 0. The smallest absolute Gasteiger partial charge is 0.128 e. The van der Waals surface area contributed by atoms with Crippen LogP contribution in [0, 0.1) is 0 Å². The van der Waals surface area contributed by atoms with E-state index in [9.17, 15) is 5.11 Å². The van der Waals surface area contributed by atoms with E-state index >= 15 is 0 Å². The summed E-state index contributed by atoms with van der Waals surface area (Å²) in [5, 5.41) is 14.2. The molecule has 154 valence electrons. The monoisotopic (exact) mass is 400 g/mol. The first-order chi connectivity index (χ1) is 14.8. The molecule has 30 heavy (non-hydrogen) atoms. The van der Waals surface area contributed by atoms with Crippen molar-refractivity contribution in [3.8, 4) is 5.75 Å². The van der Waals surface area contributed by atoms with E-state index in [2.05, 4.69) is 52.3 Å². The lowest BCUT2D eigenvalue weighted by atomic mass is 9.88. The number of aromatic nitrogens is 1. The Bertz CT molecular complexity index is 1130. The van der Waals surface area contributed by atoms with Crippen molar-refractivity contribution in [3.05, 3.63) is 78.5 Å². The van der Waals surface area contributed by atoms with Gasteiger partial charge in [0.15, 0.2) is 0 Å². The summed E-state index contributed by atoms with van der Waals surface area (Å²) in [5.74, 6) is 1.42. The number of ether oxygens (including phenoxy) is 1. The van der Waals surface area contributed by atoms with Crippen molar-refractivity contribution in [3.63, 3.8) is 0 Å². The highest BCUT2D eigenvalue weighted by molar-refractivity contribution is 5.85. The predicted octanol–water partition coefficient (Wildman–Crippen LogP) is 4.94. The number of likely N-dealkylation sites (tertiary alicyclic amines) is 1. The second kappa shape index (κ2) is 8.50. The number of nitrogens with zero attached hydrogens (tertiary/aromatic N) is 1. The maximum absolute atomic E-state index is 10.5. The minimum absolute atomic E-state index is 0.314. The highest BCUT2D eigenvalue weighted by Gasteiger charge is 2.22. The number of hydrogen-bond donors (Lipinski definition) is 2. The molecule has 1 atom stereocenters. The standard InChI is InChI=1S/C26H28N2O2/c29-23(18-30-26-7-3-6-25-24(26)10-13-27-25)17-28-14-11-20(12-15-28)22-9-8-19-4-1-2-5-21(19)16-22/h1-10,13,16,20,23,27,29H,11-12,14-15,17-18H2/t23-/m0/s1. The molecule has 0 unspecified atom stereocenters. The Morgan fingerprint density at radius 2 is 1.80 bits per heavy atom. The third kappa shape index (κ3) is 4.07. The normalized spacial score (nSPS) is 16.8. The number of hydrogen-bond acceptors (Lipinski definition) is 3. The number of aromatic amines is 1. The zero-order chi connectivity index (χ0) is 20.3. The molecule has 0 bridgehead atoms. The number of piperidine rings is 1. The van der Waals surface area contributed by atoms with Crippen molar-refractivity contribution in [1.29, 1.82) is 0 Å². The molecule has 5 rings (SSSR count). The van der Waals surface area contributed by atoms with Crippen LogP contribution in [0.15, 0.2) is 72.9 Å². The fourth-order valence-electron chi connectivity index (χ4n) is 4.63. The van der Waals surface area contributed by atoms with E-state index in [0.29, 0.717) is 19.1 Å². The Hall–Kier alpha value is -2.82. The van der Waals surface area contributed by atoms with E-state index in [0.717, 1.165) is 42.6 Å². The molecule has 4 nitrogen and oxygen atoms in total. The molecule has 0 amide bonds. The summed E-state index contributed by atoms with van der Waals surface area (Å²) in [5.41, 5.74) is 2.49. The van der Waals surface area contributed by atoms with E-state index in [1.807, 2.05) is 30.5 Å². The molecule has 1 aliphatic rings. The van der Waals surface area contributed by atoms with Crippen LogP contribution < -0.4 is 4.74 Å². The Morgan fingerprint density at radius 3 is 2.67 bits per heavy atom. The molecule has 1 saturated heterocycles. The average Bonchev–Trinajstić information content (AvgIpc) is 3.27. The van der Waals surface area contributed by atoms with E-state index < -0.39 is 6.10 Å². The van der Waals surface area contributed by atoms with E-state index in [1.165, 1.54) is 16.3 Å². The van der Waals surface area contributed by atoms with E-state index in [1.54, 1.807) is 0 Å². The largest absolute Gasteiger partial charge is 0.490 e. The molecular formula is C26H28N2O2. The van der Waals surface area contributed by atoms with Crippen LogP contribution in [0.4, 0.5) is 0 Å². The third-order valence-corrected chi connectivity index (χ3v) is 6.29. The van der Waals surface area contributed by atoms with Crippen LogP contribution >= 0.6 is 0 Å². The molecular weight excluding hydrogens is 372 g/mol. The van der Waals surface area contributed by atoms with Crippen LogP contribution in [-0.4, -0.2) is 47.3 Å². The van der Waals surface area contributed by atoms with Crippen molar-refractivity contribution >= 4 is 21.7 Å². The first-order valence-corrected chi connectivity index (χ1v) is 10.8. The first kappa shape index (κ1) is 19.2. The van der Waals surface area contributed by atoms with Crippen LogP contribution in [0.3, 0.4) is 0 Å². The van der Waals surface area contributed by atoms with Crippen LogP contribution in [0.2, 0.25) is 0 Å². The van der Waals surface area contributed by atoms with Gasteiger partial charge in [0.25, 0.3) is 0 Å². The Labute approximate surface area is 177 Å². The fraction of sp³-hybridized carbons (Fsp3) is 0.308. The van der Waals surface area contributed by atoms with Gasteiger partial charge in [0.2, 0.25) is 0 Å². The Morgan fingerprint density at radius 1 is 0.967 bits per heavy atom. The maximum atomic E-state index is 10.5. The molecule has 0 saturated carbocycles. The molecule has 2 N–H and O–H groups in total. The van der Waals surface area contributed by atoms with Gasteiger partial charge in [-0.15, -0.1) is 0 Å². The molecule has 0 aliphatic carbocycles. The van der Waals surface area contributed by atoms with Crippen LogP contribution in [-0.2, 0) is 0 Å². The number of rotatable bonds is 6. The van der Waals surface area contributed by atoms with Gasteiger partial charge < -0.3 is 19.7 Å². The number of benzene rings is 3. The highest BCUT2D eigenvalue weighted by Crippen LogP contribution is 2.30. The van der Waals surface area contributed by atoms with Crippen molar-refractivity contribution < 1.29 is 9.84 Å². The number of fused-ring (bicyclic) bond motifs is 2. The molecule has 4 aromatic rings. The van der Waals surface area contributed by atoms with Gasteiger partial charge in [-0.2, -0.15) is 0 Å². The quantitative estimate of drug-likeness (QED) is 0.482. The summed E-state index contributed by atoms with van der Waals surface area (Å²) < 4.78 is 5.92. The minimum atomic E-state index is -0.489. The third-order valence-electron chi connectivity index (χ3n) is 6.29. The summed E-state index contributed by atoms with van der Waals surface area (Å²) >= 11 is 0. The van der Waals surface area contributed by atoms with Crippen LogP contribution in [0.1, 0.15) is 24.3 Å². The van der Waals surface area contributed by atoms with Gasteiger partial charge in [0, 0.05) is 23.6 Å². The van der Waals surface area contributed by atoms with Gasteiger partial charge in [-0.25, -0.2) is 0 Å². The molecule has 0 radical (unpaired) electrons. The second-order valence-corrected chi connectivity index (χ2v) is 8.34. The summed E-state index contributed by atoms with van der Waals surface area (Å²) in [6, 6.07) is 23.4. The van der Waals surface area contributed by atoms with Gasteiger partial charge in [-0.1, -0.05) is 48.5 Å². The lowest BCUT2D eigenvalue weighted by Crippen LogP contribution is -2.40. The molecule has 1 fully saturated rings. The van der Waals surface area contributed by atoms with Crippen LogP contribution in [0.25, 0.3) is 21.7 Å². The molecule has 2 heterocycles. The van der Waals surface area contributed by atoms with E-state index in [-0.39, 0.29) is 0 Å². The number of nitrogens with one attached hydrogen (secondary N) is 1. The van der Waals surface area contributed by atoms with Gasteiger partial charge in [0.1, 0.15) is 18.5 Å². The van der Waals surface area contributed by atoms with Crippen molar-refractivity contribution in [2.45, 2.75) is 24.9 Å². The molecule has 1 aromatic heterocycles. The summed E-state index contributed by atoms with van der Waals surface area (Å²) in [6.07, 6.45) is 3.69. The lowest BCUT2D eigenvalue weighted by Gasteiger charge is -2.33. The van der Waals surface area contributed by atoms with Gasteiger partial charge in [-0.3, -0.25) is 0 Å². The van der Waals surface area contributed by atoms with Gasteiger partial charge in [-0.05, 0) is 66.4 Å². The second-order valence-electron chi connectivity index (χ2n) is 8.34. The number of aliphatic hydroxyl groups is 1. The fourth-order valence-corrected chi connectivity index (χ4v) is 4.63. The number of β-amino-alcohol motifs (C(OH)–C–C–N with tert-alkyl or cyclic N) is 1. The van der Waals surface area contributed by atoms with Crippen molar-refractivity contribution in [1.82, 2.24) is 9.88 Å². The molecule has 3 aromatic carbocycles. The van der Waals surface area contributed by atoms with Crippen molar-refractivity contribution in [2.75, 3.05) is 26.2 Å². The topological polar surface area (TPSA) is 48.5 Å². The average molecular weight is 401 g/mol. The summed E-state index contributed by atoms with van der Waals surface area (Å²) in [4.78, 5) is 5.55. The number of H-pyrrole nitrogens is 1. The lowest BCUT2D eigenvalue weighted by molar-refractivity contribution is 0.0599. The zero-order valence-corrected chi connectivity index (χ0v) is 17.1. The molecule has 0 spiro atoms. The Balaban J connectivity index is 1.13. The van der Waals surface area contributed by atoms with Gasteiger partial charge >= 0.3 is 0 Å². The molecule has 4 heteroatoms. The minimum Gasteiger partial charge on any atom is -0.490 e. The Kier molecular flexibility index (Phi) is 5.43. The number of aliphatic hydroxyl groups excluding tert-OH is 1. The predicted molar refractivity (Wildman–Crippen MR) is 122 cm³/mol. The van der Waals surface area contributed by atoms with Crippen molar-refractivity contribution in [2.24, 2.45) is 0 Å². The van der Waals surface area contributed by atoms with Gasteiger partial charge in [0.05, 0.1) is 0 Å². The highest BCUT2D eigenvalue weighted by atomic mass is 16.5. The SMILES string of the molecule is O[C@H](COc1cccc2[nH]ccc12)CN1CCC(c2ccc3ccccc3c2)CC1. The summed E-state index contributed by atoms with van der Waals surface area (Å²) in [6.45, 7) is 3.01. The zero-order valence-electron chi connectivity index (χ0n) is 17.1. The maximum Gasteiger partial charge on any atom is 0.128 e. The van der Waals surface area contributed by atoms with E-state index in [4.69, 9.17) is 4.74 Å². The first-order valence-electron chi connectivity index (χ1n) is 10.8. The van der Waals surface area contributed by atoms with Crippen LogP contribution in [0.5, 0.6) is 5.75 Å². The molecule has 1 aliphatic heterocycles.